The van der Waals surface area contributed by atoms with Crippen molar-refractivity contribution in [3.8, 4) is 11.8 Å². The number of rotatable bonds is 7. The van der Waals surface area contributed by atoms with E-state index in [-0.39, 0.29) is 30.8 Å². The van der Waals surface area contributed by atoms with Gasteiger partial charge in [0.05, 0.1) is 16.9 Å². The highest BCUT2D eigenvalue weighted by molar-refractivity contribution is 6.62. The average molecular weight is 440 g/mol. The second-order valence-corrected chi connectivity index (χ2v) is 7.24. The second-order valence-electron chi connectivity index (χ2n) is 7.24. The fraction of sp³-hybridized carbons (Fsp3) is 0.455. The molecule has 2 amide bonds. The van der Waals surface area contributed by atoms with Gasteiger partial charge in [-0.2, -0.15) is 4.79 Å². The number of ether oxygens (including phenoxy) is 1. The van der Waals surface area contributed by atoms with E-state index in [4.69, 9.17) is 10.3 Å². The molecule has 0 spiro atoms. The zero-order valence-electron chi connectivity index (χ0n) is 18.0. The minimum atomic E-state index is -1.10. The van der Waals surface area contributed by atoms with Crippen LogP contribution in [-0.2, 0) is 19.1 Å². The molecule has 168 valence electrons. The van der Waals surface area contributed by atoms with Gasteiger partial charge < -0.3 is 10.3 Å². The van der Waals surface area contributed by atoms with Crippen LogP contribution < -0.4 is 0 Å². The van der Waals surface area contributed by atoms with Gasteiger partial charge in [-0.25, -0.2) is 4.79 Å². The molecule has 1 aromatic carbocycles. The maximum Gasteiger partial charge on any atom is 0.463 e. The van der Waals surface area contributed by atoms with E-state index in [1.807, 2.05) is 6.92 Å². The normalized spacial score (nSPS) is 17.6. The number of hydrogen-bond acceptors (Lipinski definition) is 6. The molecule has 1 unspecified atom stereocenters. The number of esters is 1. The molecule has 0 N–H and O–H groups in total. The fourth-order valence-electron chi connectivity index (χ4n) is 3.70. The van der Waals surface area contributed by atoms with E-state index in [0.717, 1.165) is 4.90 Å². The number of piperidine rings is 1. The molecule has 1 saturated heterocycles. The van der Waals surface area contributed by atoms with E-state index in [1.165, 1.54) is 13.0 Å². The molecule has 0 bridgehead atoms. The molecule has 10 heteroatoms. The number of likely N-dealkylation sites (tertiary alicyclic amines) is 1. The van der Waals surface area contributed by atoms with Gasteiger partial charge in [-0.05, 0) is 38.7 Å². The lowest BCUT2D eigenvalue weighted by molar-refractivity contribution is -0.385. The Labute approximate surface area is 185 Å². The molecule has 1 atom stereocenters. The third-order valence-electron chi connectivity index (χ3n) is 5.48. The Balaban J connectivity index is 2.18. The van der Waals surface area contributed by atoms with Crippen molar-refractivity contribution in [1.82, 2.24) is 4.90 Å². The van der Waals surface area contributed by atoms with E-state index in [2.05, 4.69) is 16.6 Å². The van der Waals surface area contributed by atoms with Crippen LogP contribution >= 0.6 is 0 Å². The molecule has 10 nitrogen and oxygen atoms in total. The quantitative estimate of drug-likeness (QED) is 0.0931. The molecule has 0 saturated carbocycles. The van der Waals surface area contributed by atoms with Crippen LogP contribution in [0.5, 0.6) is 0 Å². The number of imide groups is 1. The molecule has 0 aliphatic carbocycles. The van der Waals surface area contributed by atoms with E-state index in [1.54, 1.807) is 18.2 Å². The monoisotopic (exact) mass is 440 g/mol. The predicted octanol–water partition coefficient (Wildman–Crippen LogP) is 2.51. The second kappa shape index (κ2) is 11.0. The summed E-state index contributed by atoms with van der Waals surface area (Å²) in [6.07, 6.45) is 2.11. The Bertz CT molecular complexity index is 1030. The molecule has 32 heavy (non-hydrogen) atoms. The van der Waals surface area contributed by atoms with Crippen LogP contribution in [0.3, 0.4) is 0 Å². The number of hydrogen-bond donors (Lipinski definition) is 0. The van der Waals surface area contributed by atoms with Crippen LogP contribution in [0.1, 0.15) is 51.5 Å². The zero-order chi connectivity index (χ0) is 23.7. The third-order valence-corrected chi connectivity index (χ3v) is 5.48. The lowest BCUT2D eigenvalue weighted by Crippen LogP contribution is -2.54. The number of para-hydroxylation sites is 1. The predicted molar refractivity (Wildman–Crippen MR) is 113 cm³/mol. The van der Waals surface area contributed by atoms with Crippen molar-refractivity contribution in [1.29, 1.82) is 0 Å². The van der Waals surface area contributed by atoms with Gasteiger partial charge in [0.2, 0.25) is 5.91 Å². The van der Waals surface area contributed by atoms with Crippen LogP contribution in [0.2, 0.25) is 0 Å². The summed E-state index contributed by atoms with van der Waals surface area (Å²) in [5, 5.41) is 11.1. The molecule has 0 aromatic heterocycles. The topological polar surface area (TPSA) is 143 Å². The zero-order valence-corrected chi connectivity index (χ0v) is 18.0. The van der Waals surface area contributed by atoms with Crippen LogP contribution in [0.15, 0.2) is 24.3 Å². The van der Waals surface area contributed by atoms with Gasteiger partial charge in [-0.15, -0.1) is 0 Å². The lowest BCUT2D eigenvalue weighted by Gasteiger charge is -2.39. The number of amides is 2. The minimum Gasteiger partial charge on any atom is -0.457 e. The van der Waals surface area contributed by atoms with Gasteiger partial charge in [-0.1, -0.05) is 30.9 Å². The smallest absolute Gasteiger partial charge is 0.457 e. The first-order valence-corrected chi connectivity index (χ1v) is 10.3. The summed E-state index contributed by atoms with van der Waals surface area (Å²) in [7, 11) is 0. The van der Waals surface area contributed by atoms with Gasteiger partial charge >= 0.3 is 17.6 Å². The van der Waals surface area contributed by atoms with Crippen LogP contribution in [-0.4, -0.2) is 51.3 Å². The van der Waals surface area contributed by atoms with Gasteiger partial charge in [0, 0.05) is 19.0 Å². The van der Waals surface area contributed by atoms with Crippen molar-refractivity contribution in [2.24, 2.45) is 5.41 Å². The first kappa shape index (κ1) is 24.4. The lowest BCUT2D eigenvalue weighted by atomic mass is 9.73. The molecular formula is C22H24N4O6. The van der Waals surface area contributed by atoms with Gasteiger partial charge in [0.1, 0.15) is 5.56 Å². The summed E-state index contributed by atoms with van der Waals surface area (Å²) in [4.78, 5) is 52.1. The SMILES string of the molecule is CCOC(=O)C(=[N+]=[N-])C(=O)N1CCCC(CC)(CCC#Cc2ccccc2[N+](=O)[O-])C1=O. The van der Waals surface area contributed by atoms with Crippen molar-refractivity contribution in [3.63, 3.8) is 0 Å². The van der Waals surface area contributed by atoms with E-state index in [9.17, 15) is 24.5 Å². The summed E-state index contributed by atoms with van der Waals surface area (Å²) in [6, 6.07) is 6.14. The Morgan fingerprint density at radius 2 is 2.06 bits per heavy atom. The maximum absolute atomic E-state index is 13.2. The van der Waals surface area contributed by atoms with E-state index in [0.29, 0.717) is 25.7 Å². The molecular weight excluding hydrogens is 416 g/mol. The first-order chi connectivity index (χ1) is 15.3. The molecule has 2 rings (SSSR count). The summed E-state index contributed by atoms with van der Waals surface area (Å²) in [5.41, 5.74) is 7.58. The van der Waals surface area contributed by atoms with E-state index >= 15 is 0 Å². The summed E-state index contributed by atoms with van der Waals surface area (Å²) < 4.78 is 4.71. The van der Waals surface area contributed by atoms with Gasteiger partial charge in [-0.3, -0.25) is 24.6 Å². The number of nitrogens with zero attached hydrogens (tertiary/aromatic N) is 4. The minimum absolute atomic E-state index is 0.0176. The maximum atomic E-state index is 13.2. The Morgan fingerprint density at radius 1 is 1.34 bits per heavy atom. The Morgan fingerprint density at radius 3 is 2.69 bits per heavy atom. The number of nitro groups is 1. The molecule has 0 radical (unpaired) electrons. The molecule has 1 fully saturated rings. The average Bonchev–Trinajstić information content (AvgIpc) is 2.78. The fourth-order valence-corrected chi connectivity index (χ4v) is 3.70. The largest absolute Gasteiger partial charge is 0.463 e. The van der Waals surface area contributed by atoms with Crippen LogP contribution in [0.25, 0.3) is 5.53 Å². The van der Waals surface area contributed by atoms with E-state index < -0.39 is 33.8 Å². The molecule has 1 aliphatic rings. The van der Waals surface area contributed by atoms with Crippen molar-refractivity contribution in [3.05, 3.63) is 45.5 Å². The molecule has 1 heterocycles. The Kier molecular flexibility index (Phi) is 8.38. The van der Waals surface area contributed by atoms with Crippen molar-refractivity contribution < 1.29 is 28.8 Å². The summed E-state index contributed by atoms with van der Waals surface area (Å²) >= 11 is 0. The van der Waals surface area contributed by atoms with Gasteiger partial charge in [0.15, 0.2) is 0 Å². The first-order valence-electron chi connectivity index (χ1n) is 10.3. The van der Waals surface area contributed by atoms with Crippen LogP contribution in [0.4, 0.5) is 5.69 Å². The number of carbonyl (C=O) groups excluding carboxylic acids is 3. The van der Waals surface area contributed by atoms with Crippen molar-refractivity contribution >= 4 is 29.2 Å². The summed E-state index contributed by atoms with van der Waals surface area (Å²) in [5.74, 6) is 3.11. The summed E-state index contributed by atoms with van der Waals surface area (Å²) in [6.45, 7) is 3.44. The third kappa shape index (κ3) is 5.25. The standard InChI is InChI=1S/C22H24N4O6/c1-3-22(13-8-7-11-16-10-5-6-12-17(16)26(30)31)14-9-15-25(21(22)29)19(27)18(24-23)20(28)32-4-2/h5-6,10,12H,3-4,8-9,13-15H2,1-2H3. The Hall–Kier alpha value is -3.83. The number of nitro benzene ring substituents is 1. The highest BCUT2D eigenvalue weighted by Gasteiger charge is 2.48. The van der Waals surface area contributed by atoms with Crippen molar-refractivity contribution in [2.45, 2.75) is 46.0 Å². The van der Waals surface area contributed by atoms with Crippen molar-refractivity contribution in [2.75, 3.05) is 13.2 Å². The number of benzene rings is 1. The highest BCUT2D eigenvalue weighted by atomic mass is 16.6. The highest BCUT2D eigenvalue weighted by Crippen LogP contribution is 2.39. The molecule has 1 aromatic rings. The molecule has 1 aliphatic heterocycles. The number of carbonyl (C=O) groups is 3. The van der Waals surface area contributed by atoms with Gasteiger partial charge in [0.25, 0.3) is 5.69 Å². The van der Waals surface area contributed by atoms with Crippen LogP contribution in [0, 0.1) is 27.4 Å².